The number of carbonyl (C=O) groups is 2. The van der Waals surface area contributed by atoms with Gasteiger partial charge in [0.05, 0.1) is 11.4 Å². The average molecular weight is 439 g/mol. The number of hydrogen-bond acceptors (Lipinski definition) is 6. The summed E-state index contributed by atoms with van der Waals surface area (Å²) < 4.78 is 14.1. The summed E-state index contributed by atoms with van der Waals surface area (Å²) in [5.74, 6) is -1.10. The summed E-state index contributed by atoms with van der Waals surface area (Å²) in [6.45, 7) is 0. The summed E-state index contributed by atoms with van der Waals surface area (Å²) in [4.78, 5) is 24.5. The van der Waals surface area contributed by atoms with Crippen molar-refractivity contribution in [2.75, 3.05) is 16.4 Å². The molecule has 0 atom stereocenters. The first kappa shape index (κ1) is 20.0. The lowest BCUT2D eigenvalue weighted by Gasteiger charge is -2.04. The highest BCUT2D eigenvalue weighted by Gasteiger charge is 2.13. The van der Waals surface area contributed by atoms with Gasteiger partial charge in [-0.3, -0.25) is 14.9 Å². The molecule has 0 bridgehead atoms. The van der Waals surface area contributed by atoms with Crippen molar-refractivity contribution in [3.63, 3.8) is 0 Å². The molecule has 6 nitrogen and oxygen atoms in total. The minimum atomic E-state index is -0.495. The van der Waals surface area contributed by atoms with Crippen molar-refractivity contribution in [3.05, 3.63) is 78.1 Å². The fourth-order valence-electron chi connectivity index (χ4n) is 2.69. The number of thioether (sulfide) groups is 1. The van der Waals surface area contributed by atoms with Crippen LogP contribution in [-0.2, 0) is 4.79 Å². The van der Waals surface area contributed by atoms with Crippen LogP contribution in [0.15, 0.2) is 71.1 Å². The quantitative estimate of drug-likeness (QED) is 0.333. The Hall–Kier alpha value is -3.30. The van der Waals surface area contributed by atoms with Gasteiger partial charge in [-0.1, -0.05) is 65.6 Å². The fourth-order valence-corrected chi connectivity index (χ4v) is 4.24. The smallest absolute Gasteiger partial charge is 0.257 e. The van der Waals surface area contributed by atoms with Gasteiger partial charge in [-0.25, -0.2) is 4.39 Å². The zero-order valence-electron chi connectivity index (χ0n) is 15.5. The molecule has 9 heteroatoms. The lowest BCUT2D eigenvalue weighted by Crippen LogP contribution is -2.14. The van der Waals surface area contributed by atoms with Gasteiger partial charge >= 0.3 is 0 Å². The molecule has 2 amide bonds. The molecule has 150 valence electrons. The highest BCUT2D eigenvalue weighted by Crippen LogP contribution is 2.26. The first-order valence-corrected chi connectivity index (χ1v) is 10.7. The number of benzene rings is 3. The number of halogens is 1. The summed E-state index contributed by atoms with van der Waals surface area (Å²) in [7, 11) is 0. The van der Waals surface area contributed by atoms with Gasteiger partial charge in [0.1, 0.15) is 5.82 Å². The second-order valence-electron chi connectivity index (χ2n) is 6.21. The van der Waals surface area contributed by atoms with Gasteiger partial charge in [-0.15, -0.1) is 10.2 Å². The van der Waals surface area contributed by atoms with Gasteiger partial charge in [0.2, 0.25) is 11.0 Å². The lowest BCUT2D eigenvalue weighted by molar-refractivity contribution is -0.113. The Balaban J connectivity index is 1.33. The SMILES string of the molecule is O=C(CSc1nnc(NC(=O)c2ccc3ccccc3c2)s1)Nc1ccccc1F. The first-order valence-electron chi connectivity index (χ1n) is 8.89. The number of carbonyl (C=O) groups excluding carboxylic acids is 2. The molecule has 4 aromatic rings. The Morgan fingerprint density at radius 3 is 2.53 bits per heavy atom. The maximum Gasteiger partial charge on any atom is 0.257 e. The van der Waals surface area contributed by atoms with Gasteiger partial charge in [0.25, 0.3) is 5.91 Å². The molecule has 0 spiro atoms. The van der Waals surface area contributed by atoms with Crippen LogP contribution in [0.25, 0.3) is 10.8 Å². The van der Waals surface area contributed by atoms with Gasteiger partial charge in [-0.2, -0.15) is 0 Å². The summed E-state index contributed by atoms with van der Waals surface area (Å²) in [5, 5.41) is 15.5. The van der Waals surface area contributed by atoms with E-state index in [2.05, 4.69) is 20.8 Å². The van der Waals surface area contributed by atoms with Crippen LogP contribution in [0.1, 0.15) is 10.4 Å². The number of nitrogens with one attached hydrogen (secondary N) is 2. The van der Waals surface area contributed by atoms with Crippen molar-refractivity contribution < 1.29 is 14.0 Å². The van der Waals surface area contributed by atoms with Crippen molar-refractivity contribution in [1.82, 2.24) is 10.2 Å². The van der Waals surface area contributed by atoms with E-state index in [0.717, 1.165) is 22.5 Å². The molecular formula is C21H15FN4O2S2. The maximum atomic E-state index is 13.6. The van der Waals surface area contributed by atoms with E-state index in [1.807, 2.05) is 36.4 Å². The van der Waals surface area contributed by atoms with E-state index in [1.54, 1.807) is 18.2 Å². The van der Waals surface area contributed by atoms with E-state index in [9.17, 15) is 14.0 Å². The highest BCUT2D eigenvalue weighted by molar-refractivity contribution is 8.01. The van der Waals surface area contributed by atoms with E-state index in [1.165, 1.54) is 23.5 Å². The summed E-state index contributed by atoms with van der Waals surface area (Å²) >= 11 is 2.32. The molecule has 0 radical (unpaired) electrons. The van der Waals surface area contributed by atoms with Crippen molar-refractivity contribution >= 4 is 56.5 Å². The van der Waals surface area contributed by atoms with Crippen molar-refractivity contribution in [2.24, 2.45) is 0 Å². The standard InChI is InChI=1S/C21H15FN4O2S2/c22-16-7-3-4-8-17(16)23-18(27)12-29-21-26-25-20(30-21)24-19(28)15-10-9-13-5-1-2-6-14(13)11-15/h1-11H,12H2,(H,23,27)(H,24,25,28). The molecule has 1 heterocycles. The van der Waals surface area contributed by atoms with Crippen LogP contribution in [0.5, 0.6) is 0 Å². The first-order chi connectivity index (χ1) is 14.6. The van der Waals surface area contributed by atoms with Crippen LogP contribution in [0.4, 0.5) is 15.2 Å². The maximum absolute atomic E-state index is 13.6. The van der Waals surface area contributed by atoms with Crippen molar-refractivity contribution in [1.29, 1.82) is 0 Å². The van der Waals surface area contributed by atoms with Crippen molar-refractivity contribution in [3.8, 4) is 0 Å². The van der Waals surface area contributed by atoms with Gasteiger partial charge in [0, 0.05) is 5.56 Å². The molecule has 2 N–H and O–H groups in total. The Morgan fingerprint density at radius 2 is 1.70 bits per heavy atom. The molecule has 3 aromatic carbocycles. The van der Waals surface area contributed by atoms with Crippen LogP contribution >= 0.6 is 23.1 Å². The van der Waals surface area contributed by atoms with E-state index in [4.69, 9.17) is 0 Å². The molecule has 0 fully saturated rings. The predicted octanol–water partition coefficient (Wildman–Crippen LogP) is 4.81. The molecule has 0 unspecified atom stereocenters. The number of para-hydroxylation sites is 1. The molecule has 1 aromatic heterocycles. The zero-order valence-corrected chi connectivity index (χ0v) is 17.1. The average Bonchev–Trinajstić information content (AvgIpc) is 3.21. The van der Waals surface area contributed by atoms with Crippen LogP contribution < -0.4 is 10.6 Å². The summed E-state index contributed by atoms with van der Waals surface area (Å²) in [6.07, 6.45) is 0. The fraction of sp³-hybridized carbons (Fsp3) is 0.0476. The number of aromatic nitrogens is 2. The summed E-state index contributed by atoms with van der Waals surface area (Å²) in [6, 6.07) is 19.2. The third-order valence-electron chi connectivity index (χ3n) is 4.11. The third kappa shape index (κ3) is 4.81. The Kier molecular flexibility index (Phi) is 6.01. The predicted molar refractivity (Wildman–Crippen MR) is 118 cm³/mol. The normalized spacial score (nSPS) is 10.7. The highest BCUT2D eigenvalue weighted by atomic mass is 32.2. The van der Waals surface area contributed by atoms with Gasteiger partial charge in [0.15, 0.2) is 4.34 Å². The number of amides is 2. The largest absolute Gasteiger partial charge is 0.323 e. The van der Waals surface area contributed by atoms with Gasteiger partial charge in [-0.05, 0) is 35.0 Å². The molecule has 4 rings (SSSR count). The summed E-state index contributed by atoms with van der Waals surface area (Å²) in [5.41, 5.74) is 0.645. The van der Waals surface area contributed by atoms with Crippen LogP contribution in [0.3, 0.4) is 0 Å². The number of hydrogen-bond donors (Lipinski definition) is 2. The molecule has 0 saturated heterocycles. The van der Waals surface area contributed by atoms with E-state index >= 15 is 0 Å². The molecular weight excluding hydrogens is 423 g/mol. The van der Waals surface area contributed by atoms with Gasteiger partial charge < -0.3 is 5.32 Å². The third-order valence-corrected chi connectivity index (χ3v) is 6.09. The Bertz CT molecular complexity index is 1230. The van der Waals surface area contributed by atoms with Crippen molar-refractivity contribution in [2.45, 2.75) is 4.34 Å². The number of anilines is 2. The molecule has 0 aliphatic heterocycles. The Labute approximate surface area is 179 Å². The minimum absolute atomic E-state index is 0.0432. The zero-order chi connectivity index (χ0) is 20.9. The second-order valence-corrected chi connectivity index (χ2v) is 8.41. The lowest BCUT2D eigenvalue weighted by atomic mass is 10.1. The second kappa shape index (κ2) is 9.02. The van der Waals surface area contributed by atoms with E-state index < -0.39 is 5.82 Å². The number of rotatable bonds is 6. The molecule has 30 heavy (non-hydrogen) atoms. The monoisotopic (exact) mass is 438 g/mol. The molecule has 0 aliphatic carbocycles. The minimum Gasteiger partial charge on any atom is -0.323 e. The van der Waals surface area contributed by atoms with Crippen LogP contribution in [0.2, 0.25) is 0 Å². The van der Waals surface area contributed by atoms with Crippen LogP contribution in [0, 0.1) is 5.82 Å². The van der Waals surface area contributed by atoms with E-state index in [0.29, 0.717) is 15.0 Å². The number of fused-ring (bicyclic) bond motifs is 1. The molecule has 0 aliphatic rings. The number of nitrogens with zero attached hydrogens (tertiary/aromatic N) is 2. The topological polar surface area (TPSA) is 84.0 Å². The van der Waals surface area contributed by atoms with Crippen LogP contribution in [-0.4, -0.2) is 27.8 Å². The molecule has 0 saturated carbocycles. The van der Waals surface area contributed by atoms with E-state index in [-0.39, 0.29) is 23.3 Å². The Morgan fingerprint density at radius 1 is 0.933 bits per heavy atom.